The van der Waals surface area contributed by atoms with Crippen molar-refractivity contribution in [2.24, 2.45) is 0 Å². The molecule has 1 fully saturated rings. The Kier molecular flexibility index (Phi) is 2.98. The van der Waals surface area contributed by atoms with Gasteiger partial charge in [0.2, 0.25) is 5.95 Å². The summed E-state index contributed by atoms with van der Waals surface area (Å²) < 4.78 is 0. The number of aromatic amines is 1. The summed E-state index contributed by atoms with van der Waals surface area (Å²) in [4.78, 5) is 27.0. The van der Waals surface area contributed by atoms with E-state index in [9.17, 15) is 4.79 Å². The molecule has 0 saturated carbocycles. The van der Waals surface area contributed by atoms with Gasteiger partial charge in [0, 0.05) is 18.8 Å². The number of urea groups is 1. The SMILES string of the molecule is [C-]#[N+]c1ccc2nc(N3CCN(c4ccccc4)C3=O)[nH]c2c1. The number of nitrogens with zero attached hydrogens (tertiary/aromatic N) is 4. The monoisotopic (exact) mass is 303 g/mol. The normalized spacial score (nSPS) is 14.5. The van der Waals surface area contributed by atoms with Crippen LogP contribution in [0.2, 0.25) is 0 Å². The van der Waals surface area contributed by atoms with E-state index in [0.29, 0.717) is 24.7 Å². The number of anilines is 2. The lowest BCUT2D eigenvalue weighted by molar-refractivity contribution is 0.255. The molecule has 4 rings (SSSR count). The van der Waals surface area contributed by atoms with Gasteiger partial charge in [-0.15, -0.1) is 0 Å². The van der Waals surface area contributed by atoms with E-state index in [1.807, 2.05) is 30.3 Å². The standard InChI is InChI=1S/C17H13N5O/c1-18-12-7-8-14-15(11-12)20-16(19-14)22-10-9-21(17(22)23)13-5-3-2-4-6-13/h2-8,11H,9-10H2,(H,19,20). The van der Waals surface area contributed by atoms with Crippen molar-refractivity contribution in [1.29, 1.82) is 0 Å². The molecule has 2 aromatic carbocycles. The number of fused-ring (bicyclic) bond motifs is 1. The van der Waals surface area contributed by atoms with E-state index in [1.54, 1.807) is 28.0 Å². The molecule has 1 aromatic heterocycles. The predicted molar refractivity (Wildman–Crippen MR) is 88.9 cm³/mol. The number of imidazole rings is 1. The van der Waals surface area contributed by atoms with E-state index in [2.05, 4.69) is 14.8 Å². The molecular weight excluding hydrogens is 290 g/mol. The van der Waals surface area contributed by atoms with E-state index in [0.717, 1.165) is 16.7 Å². The largest absolute Gasteiger partial charge is 0.331 e. The third-order valence-electron chi connectivity index (χ3n) is 3.91. The number of hydrogen-bond donors (Lipinski definition) is 1. The van der Waals surface area contributed by atoms with Crippen LogP contribution in [0.3, 0.4) is 0 Å². The molecule has 1 saturated heterocycles. The number of carbonyl (C=O) groups excluding carboxylic acids is 1. The number of nitrogens with one attached hydrogen (secondary N) is 1. The van der Waals surface area contributed by atoms with Gasteiger partial charge < -0.3 is 4.98 Å². The van der Waals surface area contributed by atoms with Crippen LogP contribution in [0.5, 0.6) is 0 Å². The lowest BCUT2D eigenvalue weighted by atomic mass is 10.3. The molecule has 2 heterocycles. The maximum Gasteiger partial charge on any atom is 0.331 e. The van der Waals surface area contributed by atoms with Gasteiger partial charge in [-0.05, 0) is 24.3 Å². The average molecular weight is 303 g/mol. The van der Waals surface area contributed by atoms with Crippen LogP contribution in [-0.2, 0) is 0 Å². The van der Waals surface area contributed by atoms with Crippen LogP contribution >= 0.6 is 0 Å². The lowest BCUT2D eigenvalue weighted by Crippen LogP contribution is -2.32. The third-order valence-corrected chi connectivity index (χ3v) is 3.91. The minimum Gasteiger partial charge on any atom is -0.325 e. The van der Waals surface area contributed by atoms with Crippen LogP contribution < -0.4 is 9.80 Å². The number of carbonyl (C=O) groups is 1. The molecule has 0 aliphatic carbocycles. The van der Waals surface area contributed by atoms with E-state index in [-0.39, 0.29) is 6.03 Å². The summed E-state index contributed by atoms with van der Waals surface area (Å²) in [6, 6.07) is 14.8. The van der Waals surface area contributed by atoms with Crippen LogP contribution in [0.4, 0.5) is 22.1 Å². The van der Waals surface area contributed by atoms with Crippen molar-refractivity contribution in [3.05, 3.63) is 59.9 Å². The molecule has 6 nitrogen and oxygen atoms in total. The van der Waals surface area contributed by atoms with Gasteiger partial charge in [-0.25, -0.2) is 14.6 Å². The van der Waals surface area contributed by atoms with Crippen molar-refractivity contribution in [3.63, 3.8) is 0 Å². The number of benzene rings is 2. The van der Waals surface area contributed by atoms with Crippen LogP contribution in [0, 0.1) is 6.57 Å². The summed E-state index contributed by atoms with van der Waals surface area (Å²) >= 11 is 0. The van der Waals surface area contributed by atoms with E-state index in [1.165, 1.54) is 0 Å². The highest BCUT2D eigenvalue weighted by Gasteiger charge is 2.32. The highest BCUT2D eigenvalue weighted by Crippen LogP contribution is 2.26. The summed E-state index contributed by atoms with van der Waals surface area (Å²) in [7, 11) is 0. The molecule has 2 amide bonds. The van der Waals surface area contributed by atoms with Crippen LogP contribution in [0.25, 0.3) is 15.9 Å². The number of hydrogen-bond acceptors (Lipinski definition) is 2. The number of para-hydroxylation sites is 1. The Balaban J connectivity index is 1.67. The van der Waals surface area contributed by atoms with Gasteiger partial charge in [0.25, 0.3) is 0 Å². The average Bonchev–Trinajstić information content (AvgIpc) is 3.17. The summed E-state index contributed by atoms with van der Waals surface area (Å²) in [5.74, 6) is 0.519. The molecule has 6 heteroatoms. The first-order chi connectivity index (χ1) is 11.3. The van der Waals surface area contributed by atoms with Crippen molar-refractivity contribution < 1.29 is 4.79 Å². The molecule has 1 aliphatic heterocycles. The summed E-state index contributed by atoms with van der Waals surface area (Å²) in [5, 5.41) is 0. The Labute approximate surface area is 132 Å². The third kappa shape index (κ3) is 2.19. The topological polar surface area (TPSA) is 56.6 Å². The molecule has 112 valence electrons. The molecule has 23 heavy (non-hydrogen) atoms. The molecule has 0 atom stereocenters. The quantitative estimate of drug-likeness (QED) is 0.736. The van der Waals surface area contributed by atoms with E-state index in [4.69, 9.17) is 6.57 Å². The fourth-order valence-electron chi connectivity index (χ4n) is 2.76. The van der Waals surface area contributed by atoms with Gasteiger partial charge in [-0.3, -0.25) is 9.80 Å². The van der Waals surface area contributed by atoms with Crippen LogP contribution in [-0.4, -0.2) is 29.1 Å². The number of H-pyrrole nitrogens is 1. The zero-order chi connectivity index (χ0) is 15.8. The molecule has 0 radical (unpaired) electrons. The number of amides is 2. The van der Waals surface area contributed by atoms with E-state index >= 15 is 0 Å². The van der Waals surface area contributed by atoms with Crippen molar-refractivity contribution in [1.82, 2.24) is 9.97 Å². The Morgan fingerprint density at radius 3 is 2.65 bits per heavy atom. The van der Waals surface area contributed by atoms with Crippen molar-refractivity contribution in [2.45, 2.75) is 0 Å². The van der Waals surface area contributed by atoms with Crippen molar-refractivity contribution in [2.75, 3.05) is 22.9 Å². The summed E-state index contributed by atoms with van der Waals surface area (Å²) in [5.41, 5.74) is 2.94. The first-order valence-corrected chi connectivity index (χ1v) is 7.27. The van der Waals surface area contributed by atoms with Crippen molar-refractivity contribution >= 4 is 34.4 Å². The highest BCUT2D eigenvalue weighted by molar-refractivity contribution is 6.05. The second-order valence-electron chi connectivity index (χ2n) is 5.30. The Bertz CT molecular complexity index is 925. The maximum atomic E-state index is 12.6. The molecule has 0 spiro atoms. The second-order valence-corrected chi connectivity index (χ2v) is 5.30. The molecule has 1 aliphatic rings. The van der Waals surface area contributed by atoms with Gasteiger partial charge in [-0.2, -0.15) is 0 Å². The summed E-state index contributed by atoms with van der Waals surface area (Å²) in [6.45, 7) is 8.26. The molecule has 1 N–H and O–H groups in total. The van der Waals surface area contributed by atoms with Crippen LogP contribution in [0.15, 0.2) is 48.5 Å². The van der Waals surface area contributed by atoms with E-state index < -0.39 is 0 Å². The first-order valence-electron chi connectivity index (χ1n) is 7.27. The zero-order valence-corrected chi connectivity index (χ0v) is 12.2. The maximum absolute atomic E-state index is 12.6. The first kappa shape index (κ1) is 13.3. The molecule has 0 bridgehead atoms. The Morgan fingerprint density at radius 2 is 1.87 bits per heavy atom. The molecule has 0 unspecified atom stereocenters. The summed E-state index contributed by atoms with van der Waals surface area (Å²) in [6.07, 6.45) is 0. The van der Waals surface area contributed by atoms with Crippen molar-refractivity contribution in [3.8, 4) is 0 Å². The minimum atomic E-state index is -0.0966. The number of rotatable bonds is 2. The van der Waals surface area contributed by atoms with Gasteiger partial charge >= 0.3 is 6.03 Å². The Morgan fingerprint density at radius 1 is 1.09 bits per heavy atom. The lowest BCUT2D eigenvalue weighted by Gasteiger charge is -2.16. The second kappa shape index (κ2) is 5.14. The van der Waals surface area contributed by atoms with Gasteiger partial charge in [0.05, 0.1) is 17.6 Å². The Hall–Kier alpha value is -3.33. The minimum absolute atomic E-state index is 0.0966. The van der Waals surface area contributed by atoms with Gasteiger partial charge in [0.15, 0.2) is 5.69 Å². The highest BCUT2D eigenvalue weighted by atomic mass is 16.2. The van der Waals surface area contributed by atoms with Gasteiger partial charge in [-0.1, -0.05) is 24.3 Å². The zero-order valence-electron chi connectivity index (χ0n) is 12.2. The molecule has 3 aromatic rings. The number of aromatic nitrogens is 2. The molecular formula is C17H13N5O. The smallest absolute Gasteiger partial charge is 0.325 e. The van der Waals surface area contributed by atoms with Gasteiger partial charge in [0.1, 0.15) is 0 Å². The van der Waals surface area contributed by atoms with Crippen LogP contribution in [0.1, 0.15) is 0 Å². The fourth-order valence-corrected chi connectivity index (χ4v) is 2.76. The fraction of sp³-hybridized carbons (Fsp3) is 0.118. The predicted octanol–water partition coefficient (Wildman–Crippen LogP) is 3.56.